The van der Waals surface area contributed by atoms with Crippen LogP contribution in [0.3, 0.4) is 0 Å². The summed E-state index contributed by atoms with van der Waals surface area (Å²) in [6, 6.07) is 7.79. The third-order valence-electron chi connectivity index (χ3n) is 2.36. The molecule has 0 saturated carbocycles. The molecule has 0 saturated heterocycles. The highest BCUT2D eigenvalue weighted by atomic mass is 16.3. The summed E-state index contributed by atoms with van der Waals surface area (Å²) >= 11 is 0. The molecule has 0 radical (unpaired) electrons. The van der Waals surface area contributed by atoms with E-state index in [1.54, 1.807) is 6.20 Å². The maximum Gasteiger partial charge on any atom is 0.0893 e. The third-order valence-corrected chi connectivity index (χ3v) is 2.36. The number of aliphatic hydroxyl groups excluding tert-OH is 1. The average molecular weight is 214 g/mol. The number of hydrogen-bond acceptors (Lipinski definition) is 3. The smallest absolute Gasteiger partial charge is 0.0893 e. The number of rotatable bonds is 2. The predicted molar refractivity (Wildman–Crippen MR) is 62.9 cm³/mol. The lowest BCUT2D eigenvalue weighted by Gasteiger charge is -2.05. The molecule has 0 bridgehead atoms. The van der Waals surface area contributed by atoms with E-state index in [4.69, 9.17) is 5.11 Å². The van der Waals surface area contributed by atoms with Gasteiger partial charge in [-0.2, -0.15) is 0 Å². The van der Waals surface area contributed by atoms with Crippen molar-refractivity contribution in [3.8, 4) is 11.4 Å². The van der Waals surface area contributed by atoms with Crippen LogP contribution in [0.15, 0.2) is 30.5 Å². The average Bonchev–Trinajstić information content (AvgIpc) is 2.28. The zero-order chi connectivity index (χ0) is 11.5. The Morgan fingerprint density at radius 1 is 1.06 bits per heavy atom. The summed E-state index contributed by atoms with van der Waals surface area (Å²) in [6.07, 6.45) is 1.77. The molecular formula is C13H14N2O. The molecule has 0 amide bonds. The van der Waals surface area contributed by atoms with Gasteiger partial charge in [-0.1, -0.05) is 0 Å². The molecule has 0 unspecified atom stereocenters. The molecule has 16 heavy (non-hydrogen) atoms. The Kier molecular flexibility index (Phi) is 2.97. The lowest BCUT2D eigenvalue weighted by atomic mass is 10.1. The highest BCUT2D eigenvalue weighted by Crippen LogP contribution is 2.17. The van der Waals surface area contributed by atoms with E-state index in [0.717, 1.165) is 22.5 Å². The maximum absolute atomic E-state index is 9.11. The van der Waals surface area contributed by atoms with Crippen LogP contribution in [0.1, 0.15) is 16.8 Å². The summed E-state index contributed by atoms with van der Waals surface area (Å²) in [5.74, 6) is 0. The lowest BCUT2D eigenvalue weighted by Crippen LogP contribution is -1.95. The van der Waals surface area contributed by atoms with Crippen LogP contribution in [0.4, 0.5) is 0 Å². The summed E-state index contributed by atoms with van der Waals surface area (Å²) in [4.78, 5) is 8.63. The molecule has 2 aromatic rings. The molecule has 0 atom stereocenters. The van der Waals surface area contributed by atoms with Crippen molar-refractivity contribution in [3.05, 3.63) is 47.3 Å². The number of aliphatic hydroxyl groups is 1. The fraction of sp³-hybridized carbons (Fsp3) is 0.231. The summed E-state index contributed by atoms with van der Waals surface area (Å²) in [5, 5.41) is 9.11. The Labute approximate surface area is 94.8 Å². The normalized spacial score (nSPS) is 10.4. The van der Waals surface area contributed by atoms with Gasteiger partial charge >= 0.3 is 0 Å². The Bertz CT molecular complexity index is 509. The molecular weight excluding hydrogens is 200 g/mol. The quantitative estimate of drug-likeness (QED) is 0.834. The monoisotopic (exact) mass is 214 g/mol. The molecule has 3 heteroatoms. The molecule has 0 aliphatic heterocycles. The standard InChI is InChI=1S/C13H14N2O/c1-9-3-4-14-12(6-9)13-7-10(2)5-11(8-16)15-13/h3-7,16H,8H2,1-2H3. The second kappa shape index (κ2) is 4.41. The van der Waals surface area contributed by atoms with Crippen molar-refractivity contribution in [1.82, 2.24) is 9.97 Å². The van der Waals surface area contributed by atoms with Gasteiger partial charge in [-0.15, -0.1) is 0 Å². The van der Waals surface area contributed by atoms with Gasteiger partial charge in [0.05, 0.1) is 23.7 Å². The molecule has 2 rings (SSSR count). The number of pyridine rings is 2. The molecule has 3 nitrogen and oxygen atoms in total. The van der Waals surface area contributed by atoms with Crippen LogP contribution in [0.2, 0.25) is 0 Å². The number of aryl methyl sites for hydroxylation is 2. The fourth-order valence-corrected chi connectivity index (χ4v) is 1.63. The first-order valence-corrected chi connectivity index (χ1v) is 5.20. The Morgan fingerprint density at radius 3 is 2.50 bits per heavy atom. The molecule has 82 valence electrons. The Hall–Kier alpha value is -1.74. The van der Waals surface area contributed by atoms with Gasteiger partial charge < -0.3 is 5.11 Å². The molecule has 0 fully saturated rings. The van der Waals surface area contributed by atoms with Gasteiger partial charge in [0, 0.05) is 6.20 Å². The van der Waals surface area contributed by atoms with E-state index < -0.39 is 0 Å². The van der Waals surface area contributed by atoms with Gasteiger partial charge in [0.25, 0.3) is 0 Å². The molecule has 1 N–H and O–H groups in total. The Morgan fingerprint density at radius 2 is 1.81 bits per heavy atom. The number of aromatic nitrogens is 2. The van der Waals surface area contributed by atoms with Crippen LogP contribution in [0.5, 0.6) is 0 Å². The molecule has 2 aromatic heterocycles. The van der Waals surface area contributed by atoms with E-state index in [-0.39, 0.29) is 6.61 Å². The largest absolute Gasteiger partial charge is 0.390 e. The van der Waals surface area contributed by atoms with Gasteiger partial charge in [0.15, 0.2) is 0 Å². The van der Waals surface area contributed by atoms with E-state index in [1.165, 1.54) is 0 Å². The highest BCUT2D eigenvalue weighted by Gasteiger charge is 2.04. The molecule has 2 heterocycles. The van der Waals surface area contributed by atoms with Crippen LogP contribution in [0.25, 0.3) is 11.4 Å². The predicted octanol–water partition coefficient (Wildman–Crippen LogP) is 2.25. The molecule has 0 aromatic carbocycles. The van der Waals surface area contributed by atoms with E-state index in [1.807, 2.05) is 38.1 Å². The minimum atomic E-state index is -0.0412. The van der Waals surface area contributed by atoms with Crippen molar-refractivity contribution in [2.24, 2.45) is 0 Å². The zero-order valence-electron chi connectivity index (χ0n) is 9.44. The van der Waals surface area contributed by atoms with Crippen LogP contribution in [-0.4, -0.2) is 15.1 Å². The molecule has 0 aliphatic rings. The SMILES string of the molecule is Cc1ccnc(-c2cc(C)cc(CO)n2)c1. The molecule has 0 spiro atoms. The van der Waals surface area contributed by atoms with E-state index in [0.29, 0.717) is 5.69 Å². The lowest BCUT2D eigenvalue weighted by molar-refractivity contribution is 0.277. The summed E-state index contributed by atoms with van der Waals surface area (Å²) in [5.41, 5.74) is 4.57. The Balaban J connectivity index is 2.51. The van der Waals surface area contributed by atoms with Crippen LogP contribution in [-0.2, 0) is 6.61 Å². The maximum atomic E-state index is 9.11. The fourth-order valence-electron chi connectivity index (χ4n) is 1.63. The topological polar surface area (TPSA) is 46.0 Å². The van der Waals surface area contributed by atoms with Crippen molar-refractivity contribution >= 4 is 0 Å². The van der Waals surface area contributed by atoms with Gasteiger partial charge in [-0.25, -0.2) is 4.98 Å². The van der Waals surface area contributed by atoms with Gasteiger partial charge in [0.1, 0.15) is 0 Å². The minimum absolute atomic E-state index is 0.0412. The third kappa shape index (κ3) is 2.25. The van der Waals surface area contributed by atoms with Crippen LogP contribution in [0, 0.1) is 13.8 Å². The van der Waals surface area contributed by atoms with E-state index in [9.17, 15) is 0 Å². The van der Waals surface area contributed by atoms with Gasteiger partial charge in [-0.05, 0) is 49.2 Å². The summed E-state index contributed by atoms with van der Waals surface area (Å²) in [6.45, 7) is 3.97. The zero-order valence-corrected chi connectivity index (χ0v) is 9.44. The first-order chi connectivity index (χ1) is 7.69. The number of nitrogens with zero attached hydrogens (tertiary/aromatic N) is 2. The second-order valence-corrected chi connectivity index (χ2v) is 3.90. The van der Waals surface area contributed by atoms with Crippen molar-refractivity contribution < 1.29 is 5.11 Å². The van der Waals surface area contributed by atoms with Crippen molar-refractivity contribution in [3.63, 3.8) is 0 Å². The second-order valence-electron chi connectivity index (χ2n) is 3.90. The van der Waals surface area contributed by atoms with E-state index >= 15 is 0 Å². The first-order valence-electron chi connectivity index (χ1n) is 5.20. The van der Waals surface area contributed by atoms with Crippen molar-refractivity contribution in [1.29, 1.82) is 0 Å². The van der Waals surface area contributed by atoms with Crippen molar-refractivity contribution in [2.45, 2.75) is 20.5 Å². The van der Waals surface area contributed by atoms with Gasteiger partial charge in [0.2, 0.25) is 0 Å². The minimum Gasteiger partial charge on any atom is -0.390 e. The summed E-state index contributed by atoms with van der Waals surface area (Å²) < 4.78 is 0. The summed E-state index contributed by atoms with van der Waals surface area (Å²) in [7, 11) is 0. The number of hydrogen-bond donors (Lipinski definition) is 1. The van der Waals surface area contributed by atoms with Crippen LogP contribution < -0.4 is 0 Å². The highest BCUT2D eigenvalue weighted by molar-refractivity contribution is 5.56. The van der Waals surface area contributed by atoms with Gasteiger partial charge in [-0.3, -0.25) is 4.98 Å². The van der Waals surface area contributed by atoms with Crippen LogP contribution >= 0.6 is 0 Å². The van der Waals surface area contributed by atoms with Crippen molar-refractivity contribution in [2.75, 3.05) is 0 Å². The molecule has 0 aliphatic carbocycles. The first kappa shape index (κ1) is 10.8. The van der Waals surface area contributed by atoms with E-state index in [2.05, 4.69) is 9.97 Å².